The minimum Gasteiger partial charge on any atom is -0.467 e. The van der Waals surface area contributed by atoms with Gasteiger partial charge in [-0.15, -0.1) is 0 Å². The Morgan fingerprint density at radius 1 is 1.29 bits per heavy atom. The lowest BCUT2D eigenvalue weighted by Gasteiger charge is -2.20. The summed E-state index contributed by atoms with van der Waals surface area (Å²) in [4.78, 5) is 14.0. The van der Waals surface area contributed by atoms with Crippen LogP contribution in [0.15, 0.2) is 47.1 Å². The maximum atomic E-state index is 12.4. The van der Waals surface area contributed by atoms with E-state index in [1.807, 2.05) is 24.3 Å². The Morgan fingerprint density at radius 2 is 2.10 bits per heavy atom. The fraction of sp³-hybridized carbons (Fsp3) is 0.250. The Kier molecular flexibility index (Phi) is 5.42. The van der Waals surface area contributed by atoms with Crippen LogP contribution >= 0.6 is 11.6 Å². The second kappa shape index (κ2) is 7.51. The van der Waals surface area contributed by atoms with Crippen molar-refractivity contribution in [1.82, 2.24) is 4.90 Å². The van der Waals surface area contributed by atoms with E-state index in [0.717, 1.165) is 5.56 Å². The maximum absolute atomic E-state index is 12.4. The topological polar surface area (TPSA) is 57.2 Å². The quantitative estimate of drug-likeness (QED) is 0.821. The number of hydrogen-bond acceptors (Lipinski definition) is 3. The molecule has 2 aromatic rings. The Bertz CT molecular complexity index is 632. The van der Waals surface area contributed by atoms with E-state index in [1.54, 1.807) is 23.3 Å². The van der Waals surface area contributed by atoms with Gasteiger partial charge in [-0.2, -0.15) is 5.26 Å². The van der Waals surface area contributed by atoms with Crippen LogP contribution in [-0.4, -0.2) is 17.4 Å². The van der Waals surface area contributed by atoms with Crippen molar-refractivity contribution in [2.45, 2.75) is 19.4 Å². The van der Waals surface area contributed by atoms with Gasteiger partial charge in [-0.3, -0.25) is 4.79 Å². The smallest absolute Gasteiger partial charge is 0.227 e. The monoisotopic (exact) mass is 302 g/mol. The zero-order valence-electron chi connectivity index (χ0n) is 11.5. The number of carbonyl (C=O) groups excluding carboxylic acids is 1. The zero-order chi connectivity index (χ0) is 15.1. The Morgan fingerprint density at radius 3 is 2.76 bits per heavy atom. The largest absolute Gasteiger partial charge is 0.467 e. The number of nitrogens with zero attached hydrogens (tertiary/aromatic N) is 2. The van der Waals surface area contributed by atoms with Crippen molar-refractivity contribution in [3.05, 3.63) is 59.0 Å². The van der Waals surface area contributed by atoms with E-state index in [0.29, 0.717) is 23.9 Å². The molecule has 4 nitrogen and oxygen atoms in total. The fourth-order valence-electron chi connectivity index (χ4n) is 1.98. The molecule has 0 aliphatic rings. The molecular formula is C16H15ClN2O2. The minimum absolute atomic E-state index is 0.0743. The number of amides is 1. The summed E-state index contributed by atoms with van der Waals surface area (Å²) in [5.74, 6) is 0.621. The van der Waals surface area contributed by atoms with Crippen LogP contribution < -0.4 is 0 Å². The number of halogens is 1. The molecule has 0 aliphatic heterocycles. The van der Waals surface area contributed by atoms with Crippen molar-refractivity contribution in [2.24, 2.45) is 0 Å². The predicted octanol–water partition coefficient (Wildman–Crippen LogP) is 3.42. The van der Waals surface area contributed by atoms with Crippen LogP contribution in [-0.2, 0) is 17.8 Å². The van der Waals surface area contributed by atoms with Crippen molar-refractivity contribution in [1.29, 1.82) is 5.26 Å². The summed E-state index contributed by atoms with van der Waals surface area (Å²) < 4.78 is 5.27. The second-order valence-electron chi connectivity index (χ2n) is 4.57. The molecule has 0 saturated heterocycles. The van der Waals surface area contributed by atoms with Gasteiger partial charge in [0.25, 0.3) is 0 Å². The van der Waals surface area contributed by atoms with E-state index >= 15 is 0 Å². The van der Waals surface area contributed by atoms with Gasteiger partial charge in [0.05, 0.1) is 31.7 Å². The molecule has 2 rings (SSSR count). The van der Waals surface area contributed by atoms with Gasteiger partial charge >= 0.3 is 0 Å². The highest BCUT2D eigenvalue weighted by molar-refractivity contribution is 6.31. The molecule has 21 heavy (non-hydrogen) atoms. The molecule has 0 saturated carbocycles. The van der Waals surface area contributed by atoms with Crippen molar-refractivity contribution in [3.63, 3.8) is 0 Å². The second-order valence-corrected chi connectivity index (χ2v) is 4.98. The number of furan rings is 1. The van der Waals surface area contributed by atoms with E-state index in [1.165, 1.54) is 0 Å². The Balaban J connectivity index is 2.07. The molecule has 0 bridgehead atoms. The summed E-state index contributed by atoms with van der Waals surface area (Å²) >= 11 is 6.08. The molecule has 0 N–H and O–H groups in total. The Labute approximate surface area is 128 Å². The summed E-state index contributed by atoms with van der Waals surface area (Å²) in [5, 5.41) is 9.30. The summed E-state index contributed by atoms with van der Waals surface area (Å²) in [6, 6.07) is 12.9. The lowest BCUT2D eigenvalue weighted by atomic mass is 10.1. The predicted molar refractivity (Wildman–Crippen MR) is 79.5 cm³/mol. The molecule has 0 fully saturated rings. The first-order valence-electron chi connectivity index (χ1n) is 6.61. The summed E-state index contributed by atoms with van der Waals surface area (Å²) in [5.41, 5.74) is 0.783. The van der Waals surface area contributed by atoms with Gasteiger partial charge in [-0.1, -0.05) is 29.8 Å². The molecule has 0 unspecified atom stereocenters. The van der Waals surface area contributed by atoms with Crippen LogP contribution in [0, 0.1) is 11.3 Å². The molecule has 1 heterocycles. The highest BCUT2D eigenvalue weighted by Crippen LogP contribution is 2.17. The van der Waals surface area contributed by atoms with Gasteiger partial charge in [0, 0.05) is 11.6 Å². The van der Waals surface area contributed by atoms with E-state index in [2.05, 4.69) is 6.07 Å². The standard InChI is InChI=1S/C16H15ClN2O2/c17-15-7-2-1-5-13(15)11-16(20)19(9-4-8-18)12-14-6-3-10-21-14/h1-3,5-7,10H,4,9,11-12H2. The van der Waals surface area contributed by atoms with Crippen LogP contribution in [0.3, 0.4) is 0 Å². The summed E-state index contributed by atoms with van der Waals surface area (Å²) in [7, 11) is 0. The molecule has 0 aliphatic carbocycles. The average Bonchev–Trinajstić information content (AvgIpc) is 2.98. The van der Waals surface area contributed by atoms with Gasteiger partial charge in [0.2, 0.25) is 5.91 Å². The first kappa shape index (κ1) is 15.1. The minimum atomic E-state index is -0.0743. The first-order valence-corrected chi connectivity index (χ1v) is 6.99. The van der Waals surface area contributed by atoms with Crippen LogP contribution in [0.5, 0.6) is 0 Å². The number of rotatable bonds is 6. The SMILES string of the molecule is N#CCCN(Cc1ccco1)C(=O)Cc1ccccc1Cl. The van der Waals surface area contributed by atoms with Gasteiger partial charge in [0.1, 0.15) is 5.76 Å². The molecular weight excluding hydrogens is 288 g/mol. The molecule has 0 spiro atoms. The van der Waals surface area contributed by atoms with Crippen LogP contribution in [0.25, 0.3) is 0 Å². The van der Waals surface area contributed by atoms with Gasteiger partial charge in [0.15, 0.2) is 0 Å². The lowest BCUT2D eigenvalue weighted by Crippen LogP contribution is -2.32. The zero-order valence-corrected chi connectivity index (χ0v) is 12.2. The first-order chi connectivity index (χ1) is 10.2. The van der Waals surface area contributed by atoms with E-state index < -0.39 is 0 Å². The Hall–Kier alpha value is -2.25. The number of nitriles is 1. The van der Waals surface area contributed by atoms with Crippen molar-refractivity contribution in [3.8, 4) is 6.07 Å². The number of carbonyl (C=O) groups is 1. The third kappa shape index (κ3) is 4.37. The third-order valence-electron chi connectivity index (χ3n) is 3.07. The van der Waals surface area contributed by atoms with E-state index in [4.69, 9.17) is 21.3 Å². The molecule has 1 aromatic carbocycles. The summed E-state index contributed by atoms with van der Waals surface area (Å²) in [6.07, 6.45) is 2.07. The van der Waals surface area contributed by atoms with Crippen molar-refractivity contribution in [2.75, 3.05) is 6.54 Å². The maximum Gasteiger partial charge on any atom is 0.227 e. The molecule has 0 radical (unpaired) electrons. The molecule has 1 aromatic heterocycles. The molecule has 5 heteroatoms. The van der Waals surface area contributed by atoms with Crippen molar-refractivity contribution < 1.29 is 9.21 Å². The highest BCUT2D eigenvalue weighted by atomic mass is 35.5. The molecule has 0 atom stereocenters. The van der Waals surface area contributed by atoms with Gasteiger partial charge in [-0.25, -0.2) is 0 Å². The van der Waals surface area contributed by atoms with Gasteiger partial charge < -0.3 is 9.32 Å². The third-order valence-corrected chi connectivity index (χ3v) is 3.44. The molecule has 1 amide bonds. The number of benzene rings is 1. The fourth-order valence-corrected chi connectivity index (χ4v) is 2.19. The average molecular weight is 303 g/mol. The highest BCUT2D eigenvalue weighted by Gasteiger charge is 2.16. The van der Waals surface area contributed by atoms with Gasteiger partial charge in [-0.05, 0) is 23.8 Å². The van der Waals surface area contributed by atoms with Crippen LogP contribution in [0.4, 0.5) is 0 Å². The van der Waals surface area contributed by atoms with Crippen LogP contribution in [0.1, 0.15) is 17.7 Å². The summed E-state index contributed by atoms with van der Waals surface area (Å²) in [6.45, 7) is 0.735. The van der Waals surface area contributed by atoms with Crippen molar-refractivity contribution >= 4 is 17.5 Å². The normalized spacial score (nSPS) is 10.1. The van der Waals surface area contributed by atoms with Crippen LogP contribution in [0.2, 0.25) is 5.02 Å². The van der Waals surface area contributed by atoms with E-state index in [9.17, 15) is 4.79 Å². The molecule has 108 valence electrons. The van der Waals surface area contributed by atoms with E-state index in [-0.39, 0.29) is 18.7 Å². The lowest BCUT2D eigenvalue weighted by molar-refractivity contribution is -0.131. The number of hydrogen-bond donors (Lipinski definition) is 0.